The fourth-order valence-electron chi connectivity index (χ4n) is 3.70. The molecule has 0 amide bonds. The van der Waals surface area contributed by atoms with Gasteiger partial charge in [0.2, 0.25) is 0 Å². The van der Waals surface area contributed by atoms with Gasteiger partial charge in [-0.3, -0.25) is 0 Å². The summed E-state index contributed by atoms with van der Waals surface area (Å²) in [5, 5.41) is 0. The van der Waals surface area contributed by atoms with Gasteiger partial charge in [-0.15, -0.1) is 0 Å². The Morgan fingerprint density at radius 1 is 1.26 bits per heavy atom. The highest BCUT2D eigenvalue weighted by Gasteiger charge is 2.54. The van der Waals surface area contributed by atoms with Crippen molar-refractivity contribution >= 4 is 0 Å². The lowest BCUT2D eigenvalue weighted by atomic mass is 9.55. The average molecular weight is 263 g/mol. The Hall–Kier alpha value is -1.09. The number of aryl methyl sites for hydroxylation is 1. The maximum Gasteiger partial charge on any atom is 0.126 e. The number of ether oxygens (including phenoxy) is 1. The van der Waals surface area contributed by atoms with Gasteiger partial charge in [0.15, 0.2) is 0 Å². The van der Waals surface area contributed by atoms with Crippen molar-refractivity contribution < 1.29 is 9.13 Å². The normalized spacial score (nSPS) is 29.0. The second-order valence-electron chi connectivity index (χ2n) is 6.15. The molecule has 2 atom stereocenters. The van der Waals surface area contributed by atoms with Crippen LogP contribution in [-0.4, -0.2) is 12.1 Å². The quantitative estimate of drug-likeness (QED) is 0.885. The van der Waals surface area contributed by atoms with Gasteiger partial charge in [0.25, 0.3) is 0 Å². The van der Waals surface area contributed by atoms with E-state index in [9.17, 15) is 4.39 Å². The molecule has 2 aliphatic rings. The molecule has 2 saturated carbocycles. The third-order valence-electron chi connectivity index (χ3n) is 5.05. The summed E-state index contributed by atoms with van der Waals surface area (Å²) in [5.41, 5.74) is 7.39. The molecule has 2 nitrogen and oxygen atoms in total. The van der Waals surface area contributed by atoms with Gasteiger partial charge in [0.1, 0.15) is 17.7 Å². The van der Waals surface area contributed by atoms with Crippen molar-refractivity contribution in [2.24, 2.45) is 11.1 Å². The lowest BCUT2D eigenvalue weighted by Crippen LogP contribution is -2.64. The molecule has 3 heteroatoms. The molecule has 2 N–H and O–H groups in total. The second-order valence-corrected chi connectivity index (χ2v) is 6.15. The monoisotopic (exact) mass is 263 g/mol. The highest BCUT2D eigenvalue weighted by molar-refractivity contribution is 5.33. The van der Waals surface area contributed by atoms with Crippen LogP contribution in [0.4, 0.5) is 4.39 Å². The Morgan fingerprint density at radius 3 is 2.68 bits per heavy atom. The van der Waals surface area contributed by atoms with Crippen LogP contribution < -0.4 is 10.5 Å². The molecule has 0 heterocycles. The number of halogens is 1. The zero-order chi connectivity index (χ0) is 13.5. The Bertz CT molecular complexity index is 468. The van der Waals surface area contributed by atoms with Crippen molar-refractivity contribution in [2.45, 2.75) is 57.6 Å². The summed E-state index contributed by atoms with van der Waals surface area (Å²) in [4.78, 5) is 0. The first-order chi connectivity index (χ1) is 9.12. The molecular weight excluding hydrogens is 241 g/mol. The Morgan fingerprint density at radius 2 is 2.00 bits per heavy atom. The first kappa shape index (κ1) is 12.9. The fraction of sp³-hybridized carbons (Fsp3) is 0.625. The lowest BCUT2D eigenvalue weighted by molar-refractivity contribution is -0.0901. The van der Waals surface area contributed by atoms with E-state index in [0.717, 1.165) is 24.8 Å². The first-order valence-corrected chi connectivity index (χ1v) is 7.30. The molecule has 0 radical (unpaired) electrons. The van der Waals surface area contributed by atoms with Crippen molar-refractivity contribution in [3.05, 3.63) is 29.6 Å². The van der Waals surface area contributed by atoms with E-state index >= 15 is 0 Å². The predicted octanol–water partition coefficient (Wildman–Crippen LogP) is 3.56. The number of nitrogens with two attached hydrogens (primary N) is 1. The van der Waals surface area contributed by atoms with E-state index in [2.05, 4.69) is 0 Å². The summed E-state index contributed by atoms with van der Waals surface area (Å²) in [6.07, 6.45) is 7.19. The fourth-order valence-corrected chi connectivity index (χ4v) is 3.70. The minimum Gasteiger partial charge on any atom is -0.489 e. The van der Waals surface area contributed by atoms with Gasteiger partial charge in [-0.1, -0.05) is 25.3 Å². The zero-order valence-corrected chi connectivity index (χ0v) is 11.5. The predicted molar refractivity (Wildman–Crippen MR) is 73.7 cm³/mol. The second kappa shape index (κ2) is 4.78. The van der Waals surface area contributed by atoms with Crippen molar-refractivity contribution in [2.75, 3.05) is 0 Å². The third-order valence-corrected chi connectivity index (χ3v) is 5.05. The van der Waals surface area contributed by atoms with Crippen LogP contribution in [0.2, 0.25) is 0 Å². The Kier molecular flexibility index (Phi) is 3.25. The largest absolute Gasteiger partial charge is 0.489 e. The molecular formula is C16H22FNO. The van der Waals surface area contributed by atoms with Crippen LogP contribution in [0.25, 0.3) is 0 Å². The van der Waals surface area contributed by atoms with Gasteiger partial charge in [0.05, 0.1) is 0 Å². The van der Waals surface area contributed by atoms with E-state index < -0.39 is 0 Å². The van der Waals surface area contributed by atoms with E-state index in [1.165, 1.54) is 31.4 Å². The van der Waals surface area contributed by atoms with Crippen LogP contribution in [0.5, 0.6) is 5.75 Å². The summed E-state index contributed by atoms with van der Waals surface area (Å²) in [6, 6.07) is 5.00. The molecule has 1 spiro atoms. The zero-order valence-electron chi connectivity index (χ0n) is 11.5. The van der Waals surface area contributed by atoms with E-state index in [1.54, 1.807) is 6.07 Å². The average Bonchev–Trinajstić information content (AvgIpc) is 2.43. The van der Waals surface area contributed by atoms with E-state index in [1.807, 2.05) is 6.92 Å². The molecule has 104 valence electrons. The maximum atomic E-state index is 13.3. The van der Waals surface area contributed by atoms with E-state index in [4.69, 9.17) is 10.5 Å². The minimum atomic E-state index is -0.234. The van der Waals surface area contributed by atoms with Crippen LogP contribution in [0, 0.1) is 18.2 Å². The molecule has 0 bridgehead atoms. The summed E-state index contributed by atoms with van der Waals surface area (Å²) in [6.45, 7) is 1.96. The number of benzene rings is 1. The minimum absolute atomic E-state index is 0.150. The Labute approximate surface area is 114 Å². The van der Waals surface area contributed by atoms with Crippen LogP contribution in [0.3, 0.4) is 0 Å². The highest BCUT2D eigenvalue weighted by Crippen LogP contribution is 2.52. The topological polar surface area (TPSA) is 35.2 Å². The summed E-state index contributed by atoms with van der Waals surface area (Å²) in [5.74, 6) is 0.448. The van der Waals surface area contributed by atoms with Crippen molar-refractivity contribution in [3.8, 4) is 5.75 Å². The molecule has 0 aromatic heterocycles. The molecule has 3 rings (SSSR count). The van der Waals surface area contributed by atoms with Gasteiger partial charge in [-0.25, -0.2) is 4.39 Å². The molecule has 0 saturated heterocycles. The third kappa shape index (κ3) is 2.14. The van der Waals surface area contributed by atoms with Crippen LogP contribution >= 0.6 is 0 Å². The highest BCUT2D eigenvalue weighted by atomic mass is 19.1. The molecule has 2 unspecified atom stereocenters. The molecule has 2 fully saturated rings. The lowest BCUT2D eigenvalue weighted by Gasteiger charge is -2.56. The van der Waals surface area contributed by atoms with Gasteiger partial charge in [0, 0.05) is 23.9 Å². The number of rotatable bonds is 2. The van der Waals surface area contributed by atoms with Gasteiger partial charge in [-0.05, 0) is 31.4 Å². The summed E-state index contributed by atoms with van der Waals surface area (Å²) in [7, 11) is 0. The molecule has 1 aromatic carbocycles. The maximum absolute atomic E-state index is 13.3. The van der Waals surface area contributed by atoms with Crippen LogP contribution in [-0.2, 0) is 0 Å². The smallest absolute Gasteiger partial charge is 0.126 e. The Balaban J connectivity index is 1.78. The molecule has 0 aliphatic heterocycles. The standard InChI is InChI=1S/C16H22FNO/c1-11-5-6-12(17)9-13(11)19-15-10-14(18)16(15)7-3-2-4-8-16/h5-6,9,14-15H,2-4,7-8,10,18H2,1H3. The SMILES string of the molecule is Cc1ccc(F)cc1OC1CC(N)C12CCCCC2. The van der Waals surface area contributed by atoms with Crippen LogP contribution in [0.1, 0.15) is 44.1 Å². The van der Waals surface area contributed by atoms with Crippen molar-refractivity contribution in [1.29, 1.82) is 0 Å². The molecule has 19 heavy (non-hydrogen) atoms. The molecule has 1 aromatic rings. The number of hydrogen-bond acceptors (Lipinski definition) is 2. The van der Waals surface area contributed by atoms with Crippen molar-refractivity contribution in [3.63, 3.8) is 0 Å². The van der Waals surface area contributed by atoms with Crippen molar-refractivity contribution in [1.82, 2.24) is 0 Å². The van der Waals surface area contributed by atoms with E-state index in [-0.39, 0.29) is 23.4 Å². The van der Waals surface area contributed by atoms with Crippen LogP contribution in [0.15, 0.2) is 18.2 Å². The first-order valence-electron chi connectivity index (χ1n) is 7.30. The van der Waals surface area contributed by atoms with Gasteiger partial charge >= 0.3 is 0 Å². The van der Waals surface area contributed by atoms with Gasteiger partial charge < -0.3 is 10.5 Å². The summed E-state index contributed by atoms with van der Waals surface area (Å²) < 4.78 is 19.4. The number of hydrogen-bond donors (Lipinski definition) is 1. The molecule has 2 aliphatic carbocycles. The summed E-state index contributed by atoms with van der Waals surface area (Å²) >= 11 is 0. The van der Waals surface area contributed by atoms with Gasteiger partial charge in [-0.2, -0.15) is 0 Å². The van der Waals surface area contributed by atoms with E-state index in [0.29, 0.717) is 5.75 Å².